The summed E-state index contributed by atoms with van der Waals surface area (Å²) >= 11 is 5.81. The highest BCUT2D eigenvalue weighted by molar-refractivity contribution is 6.30. The largest absolute Gasteiger partial charge is 0.489 e. The standard InChI is InChI=1S/C15H15ClFNO/c1-10(18)14-8-13(17)6-7-15(14)19-9-11-2-4-12(16)5-3-11/h2-8,10H,9,18H2,1H3/t10-/m0/s1. The van der Waals surface area contributed by atoms with E-state index in [1.54, 1.807) is 25.1 Å². The Morgan fingerprint density at radius 1 is 1.21 bits per heavy atom. The molecule has 0 bridgehead atoms. The second kappa shape index (κ2) is 6.04. The van der Waals surface area contributed by atoms with E-state index in [1.165, 1.54) is 12.1 Å². The van der Waals surface area contributed by atoms with Gasteiger partial charge in [-0.2, -0.15) is 0 Å². The molecule has 2 aromatic rings. The molecule has 1 atom stereocenters. The first-order chi connectivity index (χ1) is 9.06. The molecule has 19 heavy (non-hydrogen) atoms. The van der Waals surface area contributed by atoms with E-state index in [-0.39, 0.29) is 11.9 Å². The molecule has 0 aromatic heterocycles. The molecule has 4 heteroatoms. The van der Waals surface area contributed by atoms with Crippen LogP contribution in [-0.4, -0.2) is 0 Å². The lowest BCUT2D eigenvalue weighted by atomic mass is 10.1. The Morgan fingerprint density at radius 3 is 2.53 bits per heavy atom. The first kappa shape index (κ1) is 13.8. The molecule has 2 nitrogen and oxygen atoms in total. The number of nitrogens with two attached hydrogens (primary N) is 1. The monoisotopic (exact) mass is 279 g/mol. The normalized spacial score (nSPS) is 12.2. The maximum absolute atomic E-state index is 13.2. The summed E-state index contributed by atoms with van der Waals surface area (Å²) in [5.41, 5.74) is 7.46. The summed E-state index contributed by atoms with van der Waals surface area (Å²) in [5, 5.41) is 0.682. The summed E-state index contributed by atoms with van der Waals surface area (Å²) in [6, 6.07) is 11.5. The minimum absolute atomic E-state index is 0.282. The van der Waals surface area contributed by atoms with E-state index in [4.69, 9.17) is 22.1 Å². The van der Waals surface area contributed by atoms with Gasteiger partial charge in [0.2, 0.25) is 0 Å². The van der Waals surface area contributed by atoms with E-state index in [2.05, 4.69) is 0 Å². The molecule has 2 aromatic carbocycles. The first-order valence-electron chi connectivity index (χ1n) is 5.98. The van der Waals surface area contributed by atoms with Crippen molar-refractivity contribution >= 4 is 11.6 Å². The van der Waals surface area contributed by atoms with Crippen LogP contribution in [0.4, 0.5) is 4.39 Å². The van der Waals surface area contributed by atoms with Crippen LogP contribution in [0.3, 0.4) is 0 Å². The molecule has 0 saturated carbocycles. The van der Waals surface area contributed by atoms with Crippen molar-refractivity contribution in [3.05, 3.63) is 64.4 Å². The zero-order valence-electron chi connectivity index (χ0n) is 10.6. The van der Waals surface area contributed by atoms with Crippen molar-refractivity contribution < 1.29 is 9.13 Å². The predicted octanol–water partition coefficient (Wildman–Crippen LogP) is 4.08. The topological polar surface area (TPSA) is 35.2 Å². The summed E-state index contributed by atoms with van der Waals surface area (Å²) < 4.78 is 18.9. The molecule has 0 fully saturated rings. The average molecular weight is 280 g/mol. The van der Waals surface area contributed by atoms with Gasteiger partial charge in [-0.1, -0.05) is 23.7 Å². The Bertz CT molecular complexity index is 555. The Labute approximate surface area is 117 Å². The summed E-state index contributed by atoms with van der Waals surface area (Å²) in [7, 11) is 0. The molecule has 0 saturated heterocycles. The number of hydrogen-bond donors (Lipinski definition) is 1. The lowest BCUT2D eigenvalue weighted by Gasteiger charge is -2.14. The van der Waals surface area contributed by atoms with Crippen LogP contribution in [0.1, 0.15) is 24.1 Å². The van der Waals surface area contributed by atoms with Gasteiger partial charge in [-0.3, -0.25) is 0 Å². The third-order valence-corrected chi connectivity index (χ3v) is 3.02. The maximum atomic E-state index is 13.2. The highest BCUT2D eigenvalue weighted by atomic mass is 35.5. The van der Waals surface area contributed by atoms with Crippen molar-refractivity contribution in [1.29, 1.82) is 0 Å². The molecule has 0 heterocycles. The molecule has 0 radical (unpaired) electrons. The average Bonchev–Trinajstić information content (AvgIpc) is 2.39. The van der Waals surface area contributed by atoms with Crippen LogP contribution in [0, 0.1) is 5.82 Å². The minimum Gasteiger partial charge on any atom is -0.489 e. The van der Waals surface area contributed by atoms with Gasteiger partial charge < -0.3 is 10.5 Å². The molecule has 2 rings (SSSR count). The zero-order chi connectivity index (χ0) is 13.8. The smallest absolute Gasteiger partial charge is 0.124 e. The van der Waals surface area contributed by atoms with Crippen LogP contribution in [0.2, 0.25) is 5.02 Å². The Hall–Kier alpha value is -1.58. The van der Waals surface area contributed by atoms with Gasteiger partial charge in [0.15, 0.2) is 0 Å². The van der Waals surface area contributed by atoms with Crippen LogP contribution in [0.15, 0.2) is 42.5 Å². The fourth-order valence-electron chi connectivity index (χ4n) is 1.75. The molecule has 0 unspecified atom stereocenters. The van der Waals surface area contributed by atoms with Crippen molar-refractivity contribution in [2.75, 3.05) is 0 Å². The second-order valence-electron chi connectivity index (χ2n) is 4.39. The van der Waals surface area contributed by atoms with Gasteiger partial charge in [0, 0.05) is 16.6 Å². The Morgan fingerprint density at radius 2 is 1.89 bits per heavy atom. The van der Waals surface area contributed by atoms with Gasteiger partial charge in [-0.15, -0.1) is 0 Å². The van der Waals surface area contributed by atoms with E-state index >= 15 is 0 Å². The summed E-state index contributed by atoms with van der Waals surface area (Å²) in [6.45, 7) is 2.19. The van der Waals surface area contributed by atoms with Gasteiger partial charge in [0.05, 0.1) is 0 Å². The van der Waals surface area contributed by atoms with Gasteiger partial charge in [-0.05, 0) is 42.8 Å². The SMILES string of the molecule is C[C@H](N)c1cc(F)ccc1OCc1ccc(Cl)cc1. The van der Waals surface area contributed by atoms with E-state index in [0.29, 0.717) is 22.9 Å². The number of benzene rings is 2. The van der Waals surface area contributed by atoms with Gasteiger partial charge in [-0.25, -0.2) is 4.39 Å². The highest BCUT2D eigenvalue weighted by Crippen LogP contribution is 2.25. The third-order valence-electron chi connectivity index (χ3n) is 2.77. The molecule has 0 aliphatic rings. The van der Waals surface area contributed by atoms with Crippen LogP contribution in [-0.2, 0) is 6.61 Å². The van der Waals surface area contributed by atoms with Crippen molar-refractivity contribution in [2.24, 2.45) is 5.73 Å². The van der Waals surface area contributed by atoms with E-state index in [0.717, 1.165) is 5.56 Å². The lowest BCUT2D eigenvalue weighted by molar-refractivity contribution is 0.301. The van der Waals surface area contributed by atoms with Crippen LogP contribution < -0.4 is 10.5 Å². The van der Waals surface area contributed by atoms with Crippen molar-refractivity contribution in [3.8, 4) is 5.75 Å². The molecule has 2 N–H and O–H groups in total. The first-order valence-corrected chi connectivity index (χ1v) is 6.36. The van der Waals surface area contributed by atoms with Gasteiger partial charge in [0.25, 0.3) is 0 Å². The second-order valence-corrected chi connectivity index (χ2v) is 4.82. The van der Waals surface area contributed by atoms with Gasteiger partial charge >= 0.3 is 0 Å². The van der Waals surface area contributed by atoms with Crippen LogP contribution in [0.5, 0.6) is 5.75 Å². The fourth-order valence-corrected chi connectivity index (χ4v) is 1.87. The molecule has 0 spiro atoms. The van der Waals surface area contributed by atoms with Crippen LogP contribution in [0.25, 0.3) is 0 Å². The number of rotatable bonds is 4. The third kappa shape index (κ3) is 3.69. The number of halogens is 2. The summed E-state index contributed by atoms with van der Waals surface area (Å²) in [6.07, 6.45) is 0. The van der Waals surface area contributed by atoms with Crippen molar-refractivity contribution in [3.63, 3.8) is 0 Å². The molecule has 0 amide bonds. The maximum Gasteiger partial charge on any atom is 0.124 e. The molecule has 0 aliphatic carbocycles. The molecule has 100 valence electrons. The zero-order valence-corrected chi connectivity index (χ0v) is 11.3. The minimum atomic E-state index is -0.314. The fraction of sp³-hybridized carbons (Fsp3) is 0.200. The van der Waals surface area contributed by atoms with Crippen LogP contribution >= 0.6 is 11.6 Å². The molecular formula is C15H15ClFNO. The van der Waals surface area contributed by atoms with Gasteiger partial charge in [0.1, 0.15) is 18.2 Å². The van der Waals surface area contributed by atoms with E-state index in [9.17, 15) is 4.39 Å². The van der Waals surface area contributed by atoms with Crippen molar-refractivity contribution in [1.82, 2.24) is 0 Å². The molecular weight excluding hydrogens is 265 g/mol. The Kier molecular flexibility index (Phi) is 4.40. The lowest BCUT2D eigenvalue weighted by Crippen LogP contribution is -2.08. The quantitative estimate of drug-likeness (QED) is 0.915. The number of hydrogen-bond acceptors (Lipinski definition) is 2. The highest BCUT2D eigenvalue weighted by Gasteiger charge is 2.09. The summed E-state index contributed by atoms with van der Waals surface area (Å²) in [4.78, 5) is 0. The predicted molar refractivity (Wildman–Crippen MR) is 74.8 cm³/mol. The van der Waals surface area contributed by atoms with E-state index < -0.39 is 0 Å². The van der Waals surface area contributed by atoms with Crippen molar-refractivity contribution in [2.45, 2.75) is 19.6 Å². The van der Waals surface area contributed by atoms with E-state index in [1.807, 2.05) is 12.1 Å². The summed E-state index contributed by atoms with van der Waals surface area (Å²) in [5.74, 6) is 0.289. The Balaban J connectivity index is 2.13. The number of ether oxygens (including phenoxy) is 1. The molecule has 0 aliphatic heterocycles.